The summed E-state index contributed by atoms with van der Waals surface area (Å²) in [5, 5.41) is 19.6. The minimum Gasteiger partial charge on any atom is -0.493 e. The van der Waals surface area contributed by atoms with Crippen molar-refractivity contribution in [3.8, 4) is 11.5 Å². The van der Waals surface area contributed by atoms with Crippen molar-refractivity contribution in [3.05, 3.63) is 40.0 Å². The molecule has 0 radical (unpaired) electrons. The third-order valence-electron chi connectivity index (χ3n) is 2.50. The number of carboxylic acids is 1. The Morgan fingerprint density at radius 1 is 1.18 bits per heavy atom. The summed E-state index contributed by atoms with van der Waals surface area (Å²) >= 11 is 0. The number of rotatable bonds is 8. The Kier molecular flexibility index (Phi) is 6.06. The Bertz CT molecular complexity index is 622. The summed E-state index contributed by atoms with van der Waals surface area (Å²) in [6.07, 6.45) is 1.46. The second kappa shape index (κ2) is 7.77. The van der Waals surface area contributed by atoms with Crippen LogP contribution in [0.5, 0.6) is 11.5 Å². The number of hydrogen-bond acceptors (Lipinski definition) is 6. The van der Waals surface area contributed by atoms with Crippen LogP contribution in [-0.2, 0) is 4.79 Å². The quantitative estimate of drug-likeness (QED) is 0.338. The lowest BCUT2D eigenvalue weighted by molar-refractivity contribution is -0.385. The van der Waals surface area contributed by atoms with Crippen LogP contribution in [0.25, 0.3) is 0 Å². The number of ketones is 1. The molecule has 1 N–H and O–H groups in total. The maximum atomic E-state index is 12.0. The third kappa shape index (κ3) is 4.30. The molecule has 0 bridgehead atoms. The highest BCUT2D eigenvalue weighted by molar-refractivity contribution is 6.09. The van der Waals surface area contributed by atoms with Crippen LogP contribution in [0.2, 0.25) is 0 Å². The standard InChI is InChI=1S/C14H15NO7/c1-3-21-12-8-13(22-4-2)10(15(19)20)7-9(12)11(16)5-6-14(17)18/h5-8H,3-4H2,1-2H3,(H,17,18)/b6-5+. The van der Waals surface area contributed by atoms with E-state index in [1.807, 2.05) is 0 Å². The fourth-order valence-corrected chi connectivity index (χ4v) is 1.67. The summed E-state index contributed by atoms with van der Waals surface area (Å²) in [6.45, 7) is 3.78. The van der Waals surface area contributed by atoms with E-state index in [2.05, 4.69) is 0 Å². The van der Waals surface area contributed by atoms with Crippen LogP contribution >= 0.6 is 0 Å². The number of carbonyl (C=O) groups is 2. The van der Waals surface area contributed by atoms with Crippen LogP contribution in [-0.4, -0.2) is 35.0 Å². The molecule has 118 valence electrons. The van der Waals surface area contributed by atoms with Crippen molar-refractivity contribution in [2.75, 3.05) is 13.2 Å². The largest absolute Gasteiger partial charge is 0.493 e. The van der Waals surface area contributed by atoms with Crippen molar-refractivity contribution >= 4 is 17.4 Å². The molecule has 0 heterocycles. The maximum Gasteiger partial charge on any atom is 0.328 e. The SMILES string of the molecule is CCOc1cc(OCC)c([N+](=O)[O-])cc1C(=O)/C=C/C(=O)O. The predicted molar refractivity (Wildman–Crippen MR) is 76.5 cm³/mol. The van der Waals surface area contributed by atoms with Crippen molar-refractivity contribution in [2.45, 2.75) is 13.8 Å². The lowest BCUT2D eigenvalue weighted by atomic mass is 10.1. The molecule has 0 spiro atoms. The first-order chi connectivity index (χ1) is 10.4. The van der Waals surface area contributed by atoms with Crippen molar-refractivity contribution in [2.24, 2.45) is 0 Å². The summed E-state index contributed by atoms with van der Waals surface area (Å²) in [4.78, 5) is 32.8. The van der Waals surface area contributed by atoms with Gasteiger partial charge in [0.25, 0.3) is 0 Å². The van der Waals surface area contributed by atoms with Crippen LogP contribution in [0.3, 0.4) is 0 Å². The molecule has 0 aliphatic rings. The Labute approximate surface area is 126 Å². The molecular weight excluding hydrogens is 294 g/mol. The fraction of sp³-hybridized carbons (Fsp3) is 0.286. The molecule has 1 rings (SSSR count). The van der Waals surface area contributed by atoms with Gasteiger partial charge in [0, 0.05) is 18.2 Å². The van der Waals surface area contributed by atoms with Crippen molar-refractivity contribution in [1.29, 1.82) is 0 Å². The lowest BCUT2D eigenvalue weighted by Crippen LogP contribution is -2.06. The minimum absolute atomic E-state index is 0.0188. The molecule has 1 aromatic carbocycles. The highest BCUT2D eigenvalue weighted by Gasteiger charge is 2.23. The van der Waals surface area contributed by atoms with Crippen molar-refractivity contribution < 1.29 is 29.1 Å². The van der Waals surface area contributed by atoms with Gasteiger partial charge in [-0.2, -0.15) is 0 Å². The van der Waals surface area contributed by atoms with Gasteiger partial charge in [-0.25, -0.2) is 4.79 Å². The van der Waals surface area contributed by atoms with Crippen molar-refractivity contribution in [3.63, 3.8) is 0 Å². The molecule has 0 fully saturated rings. The van der Waals surface area contributed by atoms with E-state index in [0.29, 0.717) is 6.08 Å². The summed E-state index contributed by atoms with van der Waals surface area (Å²) in [6, 6.07) is 2.28. The normalized spacial score (nSPS) is 10.5. The molecule has 8 nitrogen and oxygen atoms in total. The summed E-state index contributed by atoms with van der Waals surface area (Å²) < 4.78 is 10.5. The molecule has 0 saturated heterocycles. The zero-order valence-electron chi connectivity index (χ0n) is 12.1. The second-order valence-corrected chi connectivity index (χ2v) is 3.98. The van der Waals surface area contributed by atoms with Gasteiger partial charge in [0.15, 0.2) is 5.78 Å². The zero-order valence-corrected chi connectivity index (χ0v) is 12.1. The first-order valence-corrected chi connectivity index (χ1v) is 6.44. The Balaban J connectivity index is 3.40. The van der Waals surface area contributed by atoms with Gasteiger partial charge in [0.2, 0.25) is 5.75 Å². The molecule has 0 aliphatic heterocycles. The van der Waals surface area contributed by atoms with E-state index in [-0.39, 0.29) is 30.3 Å². The average Bonchev–Trinajstić information content (AvgIpc) is 2.45. The molecule has 22 heavy (non-hydrogen) atoms. The predicted octanol–water partition coefficient (Wildman–Crippen LogP) is 2.22. The van der Waals surface area contributed by atoms with Crippen LogP contribution < -0.4 is 9.47 Å². The number of aliphatic carboxylic acids is 1. The van der Waals surface area contributed by atoms with Crippen LogP contribution in [0, 0.1) is 10.1 Å². The molecule has 8 heteroatoms. The minimum atomic E-state index is -1.30. The van der Waals surface area contributed by atoms with E-state index in [0.717, 1.165) is 12.1 Å². The summed E-state index contributed by atoms with van der Waals surface area (Å²) in [5.41, 5.74) is -0.494. The van der Waals surface area contributed by atoms with Gasteiger partial charge in [0.1, 0.15) is 5.75 Å². The highest BCUT2D eigenvalue weighted by atomic mass is 16.6. The summed E-state index contributed by atoms with van der Waals surface area (Å²) in [5.74, 6) is -1.94. The second-order valence-electron chi connectivity index (χ2n) is 3.98. The van der Waals surface area contributed by atoms with E-state index in [1.165, 1.54) is 6.07 Å². The molecule has 0 saturated carbocycles. The van der Waals surface area contributed by atoms with E-state index in [4.69, 9.17) is 14.6 Å². The van der Waals surface area contributed by atoms with Gasteiger partial charge in [-0.05, 0) is 19.9 Å². The highest BCUT2D eigenvalue weighted by Crippen LogP contribution is 2.35. The lowest BCUT2D eigenvalue weighted by Gasteiger charge is -2.11. The number of hydrogen-bond donors (Lipinski definition) is 1. The van der Waals surface area contributed by atoms with Gasteiger partial charge in [-0.3, -0.25) is 14.9 Å². The van der Waals surface area contributed by atoms with E-state index in [9.17, 15) is 19.7 Å². The first-order valence-electron chi connectivity index (χ1n) is 6.44. The molecule has 0 aliphatic carbocycles. The van der Waals surface area contributed by atoms with E-state index >= 15 is 0 Å². The van der Waals surface area contributed by atoms with Crippen LogP contribution in [0.1, 0.15) is 24.2 Å². The van der Waals surface area contributed by atoms with E-state index < -0.39 is 22.4 Å². The Morgan fingerprint density at radius 3 is 2.27 bits per heavy atom. The van der Waals surface area contributed by atoms with Gasteiger partial charge in [0.05, 0.1) is 23.7 Å². The number of carbonyl (C=O) groups excluding carboxylic acids is 1. The molecule has 0 amide bonds. The van der Waals surface area contributed by atoms with Gasteiger partial charge in [-0.1, -0.05) is 0 Å². The number of ether oxygens (including phenoxy) is 2. The fourth-order valence-electron chi connectivity index (χ4n) is 1.67. The first kappa shape index (κ1) is 17.2. The molecule has 1 aromatic rings. The van der Waals surface area contributed by atoms with Crippen molar-refractivity contribution in [1.82, 2.24) is 0 Å². The van der Waals surface area contributed by atoms with Gasteiger partial charge in [-0.15, -0.1) is 0 Å². The Morgan fingerprint density at radius 2 is 1.77 bits per heavy atom. The third-order valence-corrected chi connectivity index (χ3v) is 2.50. The maximum absolute atomic E-state index is 12.0. The number of carboxylic acid groups (broad SMARTS) is 1. The van der Waals surface area contributed by atoms with E-state index in [1.54, 1.807) is 13.8 Å². The van der Waals surface area contributed by atoms with Crippen LogP contribution in [0.15, 0.2) is 24.3 Å². The molecule has 0 aromatic heterocycles. The van der Waals surface area contributed by atoms with Gasteiger partial charge < -0.3 is 14.6 Å². The monoisotopic (exact) mass is 309 g/mol. The molecular formula is C14H15NO7. The number of nitrogens with zero attached hydrogens (tertiary/aromatic N) is 1. The number of nitro benzene ring substituents is 1. The summed E-state index contributed by atoms with van der Waals surface area (Å²) in [7, 11) is 0. The smallest absolute Gasteiger partial charge is 0.328 e. The zero-order chi connectivity index (χ0) is 16.7. The molecule has 0 unspecified atom stereocenters. The number of benzene rings is 1. The van der Waals surface area contributed by atoms with Crippen LogP contribution in [0.4, 0.5) is 5.69 Å². The molecule has 0 atom stereocenters. The average molecular weight is 309 g/mol. The topological polar surface area (TPSA) is 116 Å². The van der Waals surface area contributed by atoms with Gasteiger partial charge >= 0.3 is 11.7 Å². The Hall–Kier alpha value is -2.90. The number of allylic oxidation sites excluding steroid dienone is 1. The number of nitro groups is 1.